The van der Waals surface area contributed by atoms with Crippen molar-refractivity contribution in [1.29, 1.82) is 0 Å². The van der Waals surface area contributed by atoms with Crippen LogP contribution in [0.4, 0.5) is 0 Å². The van der Waals surface area contributed by atoms with Gasteiger partial charge in [-0.25, -0.2) is 0 Å². The molecule has 2 rings (SSSR count). The van der Waals surface area contributed by atoms with Crippen LogP contribution in [0.2, 0.25) is 0 Å². The van der Waals surface area contributed by atoms with Crippen LogP contribution in [0, 0.1) is 11.8 Å². The summed E-state index contributed by atoms with van der Waals surface area (Å²) in [5.74, 6) is 2.15. The molecular formula is C8H15P. The van der Waals surface area contributed by atoms with Crippen LogP contribution in [0.5, 0.6) is 0 Å². The van der Waals surface area contributed by atoms with Crippen LogP contribution in [0.1, 0.15) is 26.7 Å². The first-order chi connectivity index (χ1) is 4.27. The van der Waals surface area contributed by atoms with E-state index in [4.69, 9.17) is 0 Å². The average molecular weight is 142 g/mol. The molecule has 2 bridgehead atoms. The van der Waals surface area contributed by atoms with Crippen LogP contribution < -0.4 is 0 Å². The van der Waals surface area contributed by atoms with E-state index < -0.39 is 0 Å². The Morgan fingerprint density at radius 1 is 1.00 bits per heavy atom. The molecule has 0 radical (unpaired) electrons. The van der Waals surface area contributed by atoms with Crippen LogP contribution in [0.3, 0.4) is 0 Å². The molecule has 52 valence electrons. The van der Waals surface area contributed by atoms with Gasteiger partial charge in [0.15, 0.2) is 0 Å². The van der Waals surface area contributed by atoms with Gasteiger partial charge in [-0.3, -0.25) is 0 Å². The minimum absolute atomic E-state index is 1.07. The Hall–Kier alpha value is 0.430. The summed E-state index contributed by atoms with van der Waals surface area (Å²) in [5, 5.41) is 0. The number of hydrogen-bond donors (Lipinski definition) is 0. The van der Waals surface area contributed by atoms with Crippen molar-refractivity contribution in [3.05, 3.63) is 0 Å². The fourth-order valence-electron chi connectivity index (χ4n) is 2.33. The van der Waals surface area contributed by atoms with Gasteiger partial charge in [0.25, 0.3) is 0 Å². The lowest BCUT2D eigenvalue weighted by molar-refractivity contribution is 0.365. The van der Waals surface area contributed by atoms with E-state index in [0.29, 0.717) is 0 Å². The van der Waals surface area contributed by atoms with Gasteiger partial charge in [0, 0.05) is 0 Å². The predicted molar refractivity (Wildman–Crippen MR) is 43.5 cm³/mol. The molecule has 0 aliphatic carbocycles. The molecule has 2 fully saturated rings. The molecule has 0 amide bonds. The summed E-state index contributed by atoms with van der Waals surface area (Å²) in [4.78, 5) is 0. The largest absolute Gasteiger partial charge is 0.115 e. The van der Waals surface area contributed by atoms with Gasteiger partial charge in [0.1, 0.15) is 0 Å². The molecule has 2 saturated heterocycles. The molecule has 9 heavy (non-hydrogen) atoms. The standard InChI is InChI=1S/C8H15P/c1-5-3-8-6(2)4-7(5)9-8/h5-9H,3-4H2,1-2H3/t5-,6-,7?,8?/m0/s1. The van der Waals surface area contributed by atoms with Crippen molar-refractivity contribution >= 4 is 8.58 Å². The summed E-state index contributed by atoms with van der Waals surface area (Å²) in [6.07, 6.45) is 3.09. The molecule has 0 saturated carbocycles. The second-order valence-electron chi connectivity index (χ2n) is 3.81. The monoisotopic (exact) mass is 142 g/mol. The first kappa shape index (κ1) is 6.16. The Morgan fingerprint density at radius 2 is 1.44 bits per heavy atom. The molecule has 0 nitrogen and oxygen atoms in total. The first-order valence-electron chi connectivity index (χ1n) is 4.03. The molecule has 2 aliphatic heterocycles. The summed E-state index contributed by atoms with van der Waals surface area (Å²) in [5.41, 5.74) is 2.29. The fraction of sp³-hybridized carbons (Fsp3) is 1.00. The maximum Gasteiger partial charge on any atom is -0.0205 e. The Labute approximate surface area is 59.2 Å². The zero-order valence-electron chi connectivity index (χ0n) is 6.22. The van der Waals surface area contributed by atoms with Crippen LogP contribution >= 0.6 is 8.58 Å². The average Bonchev–Trinajstić information content (AvgIpc) is 2.24. The third kappa shape index (κ3) is 0.835. The van der Waals surface area contributed by atoms with Crippen molar-refractivity contribution in [3.63, 3.8) is 0 Å². The molecule has 4 atom stereocenters. The van der Waals surface area contributed by atoms with Gasteiger partial charge in [-0.15, -0.1) is 8.58 Å². The second-order valence-corrected chi connectivity index (χ2v) is 5.62. The van der Waals surface area contributed by atoms with Gasteiger partial charge >= 0.3 is 0 Å². The third-order valence-electron chi connectivity index (χ3n) is 3.05. The molecule has 0 spiro atoms. The van der Waals surface area contributed by atoms with Crippen molar-refractivity contribution < 1.29 is 0 Å². The van der Waals surface area contributed by atoms with Gasteiger partial charge in [0.05, 0.1) is 0 Å². The lowest BCUT2D eigenvalue weighted by Crippen LogP contribution is -2.18. The first-order valence-corrected chi connectivity index (χ1v) is 5.19. The number of hydrogen-bond acceptors (Lipinski definition) is 0. The van der Waals surface area contributed by atoms with Gasteiger partial charge in [-0.1, -0.05) is 13.8 Å². The number of fused-ring (bicyclic) bond motifs is 2. The Bertz CT molecular complexity index is 104. The van der Waals surface area contributed by atoms with E-state index in [2.05, 4.69) is 13.8 Å². The zero-order valence-corrected chi connectivity index (χ0v) is 7.22. The van der Waals surface area contributed by atoms with E-state index in [1.807, 2.05) is 0 Å². The Morgan fingerprint density at radius 3 is 1.67 bits per heavy atom. The van der Waals surface area contributed by atoms with Crippen molar-refractivity contribution in [1.82, 2.24) is 0 Å². The SMILES string of the molecule is C[C@H]1CC2PC1C[C@@H]2C. The molecule has 2 heterocycles. The van der Waals surface area contributed by atoms with E-state index in [0.717, 1.165) is 23.2 Å². The van der Waals surface area contributed by atoms with Crippen molar-refractivity contribution in [3.8, 4) is 0 Å². The van der Waals surface area contributed by atoms with E-state index in [1.54, 1.807) is 12.8 Å². The summed E-state index contributed by atoms with van der Waals surface area (Å²) in [7, 11) is 1.33. The lowest BCUT2D eigenvalue weighted by Gasteiger charge is -2.21. The van der Waals surface area contributed by atoms with E-state index in [1.165, 1.54) is 8.58 Å². The van der Waals surface area contributed by atoms with Gasteiger partial charge in [-0.05, 0) is 36.0 Å². The molecule has 0 aromatic heterocycles. The molecule has 2 aliphatic rings. The fourth-order valence-corrected chi connectivity index (χ4v) is 4.83. The van der Waals surface area contributed by atoms with E-state index >= 15 is 0 Å². The molecule has 0 N–H and O–H groups in total. The van der Waals surface area contributed by atoms with E-state index in [-0.39, 0.29) is 0 Å². The second kappa shape index (κ2) is 1.95. The maximum absolute atomic E-state index is 2.43. The van der Waals surface area contributed by atoms with Gasteiger partial charge in [-0.2, -0.15) is 0 Å². The summed E-state index contributed by atoms with van der Waals surface area (Å²) in [6.45, 7) is 4.87. The minimum atomic E-state index is 1.07. The quantitative estimate of drug-likeness (QED) is 0.456. The maximum atomic E-state index is 2.43. The highest BCUT2D eigenvalue weighted by atomic mass is 31.1. The Kier molecular flexibility index (Phi) is 1.34. The molecular weight excluding hydrogens is 127 g/mol. The topological polar surface area (TPSA) is 0 Å². The third-order valence-corrected chi connectivity index (χ3v) is 5.52. The minimum Gasteiger partial charge on any atom is -0.115 e. The normalized spacial score (nSPS) is 59.3. The van der Waals surface area contributed by atoms with Crippen molar-refractivity contribution in [2.45, 2.75) is 38.0 Å². The van der Waals surface area contributed by atoms with Gasteiger partial charge < -0.3 is 0 Å². The molecule has 0 aromatic rings. The van der Waals surface area contributed by atoms with Crippen LogP contribution in [-0.2, 0) is 0 Å². The lowest BCUT2D eigenvalue weighted by atomic mass is 9.84. The van der Waals surface area contributed by atoms with Crippen LogP contribution in [0.25, 0.3) is 0 Å². The van der Waals surface area contributed by atoms with Crippen molar-refractivity contribution in [2.24, 2.45) is 11.8 Å². The highest BCUT2D eigenvalue weighted by Crippen LogP contribution is 2.56. The molecule has 0 aromatic carbocycles. The number of rotatable bonds is 0. The Balaban J connectivity index is 2.10. The smallest absolute Gasteiger partial charge is 0.0205 e. The van der Waals surface area contributed by atoms with Gasteiger partial charge in [0.2, 0.25) is 0 Å². The van der Waals surface area contributed by atoms with Crippen LogP contribution in [0.15, 0.2) is 0 Å². The van der Waals surface area contributed by atoms with Crippen LogP contribution in [-0.4, -0.2) is 11.3 Å². The zero-order chi connectivity index (χ0) is 6.43. The summed E-state index contributed by atoms with van der Waals surface area (Å²) in [6, 6.07) is 0. The molecule has 2 unspecified atom stereocenters. The predicted octanol–water partition coefficient (Wildman–Crippen LogP) is 2.48. The van der Waals surface area contributed by atoms with Crippen molar-refractivity contribution in [2.75, 3.05) is 0 Å². The summed E-state index contributed by atoms with van der Waals surface area (Å²) >= 11 is 0. The molecule has 1 heteroatoms. The highest BCUT2D eigenvalue weighted by Gasteiger charge is 2.41. The van der Waals surface area contributed by atoms with E-state index in [9.17, 15) is 0 Å². The highest BCUT2D eigenvalue weighted by molar-refractivity contribution is 7.40. The summed E-state index contributed by atoms with van der Waals surface area (Å²) < 4.78 is 0.